The highest BCUT2D eigenvalue weighted by Gasteiger charge is 2.17. The molecule has 1 aromatic heterocycles. The quantitative estimate of drug-likeness (QED) is 0.369. The molecule has 3 rings (SSSR count). The molecule has 1 fully saturated rings. The summed E-state index contributed by atoms with van der Waals surface area (Å²) in [5.41, 5.74) is 10.7. The van der Waals surface area contributed by atoms with Gasteiger partial charge in [0.1, 0.15) is 0 Å². The molecule has 0 amide bonds. The first-order valence-corrected chi connectivity index (χ1v) is 9.43. The van der Waals surface area contributed by atoms with Crippen LogP contribution in [-0.4, -0.2) is 15.7 Å². The van der Waals surface area contributed by atoms with E-state index in [1.165, 1.54) is 36.8 Å². The van der Waals surface area contributed by atoms with Gasteiger partial charge in [0.15, 0.2) is 5.96 Å². The van der Waals surface area contributed by atoms with Crippen molar-refractivity contribution >= 4 is 35.6 Å². The summed E-state index contributed by atoms with van der Waals surface area (Å²) < 4.78 is 2.10. The van der Waals surface area contributed by atoms with E-state index in [-0.39, 0.29) is 24.0 Å². The van der Waals surface area contributed by atoms with Crippen molar-refractivity contribution in [3.63, 3.8) is 0 Å². The fraction of sp³-hybridized carbons (Fsp3) is 0.500. The minimum Gasteiger partial charge on any atom is -0.370 e. The first kappa shape index (κ1) is 20.7. The van der Waals surface area contributed by atoms with Crippen molar-refractivity contribution in [3.8, 4) is 0 Å². The number of guanidine groups is 1. The van der Waals surface area contributed by atoms with Gasteiger partial charge in [0, 0.05) is 11.9 Å². The molecule has 0 saturated heterocycles. The molecular formula is C20H30IN5. The van der Waals surface area contributed by atoms with E-state index in [0.29, 0.717) is 18.5 Å². The number of aryl methyl sites for hydroxylation is 2. The van der Waals surface area contributed by atoms with Crippen LogP contribution in [0.1, 0.15) is 62.4 Å². The van der Waals surface area contributed by atoms with Crippen molar-refractivity contribution in [2.75, 3.05) is 5.32 Å². The van der Waals surface area contributed by atoms with Gasteiger partial charge in [-0.2, -0.15) is 5.10 Å². The maximum Gasteiger partial charge on any atom is 0.193 e. The van der Waals surface area contributed by atoms with Crippen molar-refractivity contribution < 1.29 is 0 Å². The van der Waals surface area contributed by atoms with Gasteiger partial charge >= 0.3 is 0 Å². The molecule has 6 heteroatoms. The molecule has 0 unspecified atom stereocenters. The third-order valence-electron chi connectivity index (χ3n) is 5.03. The number of para-hydroxylation sites is 1. The first-order valence-electron chi connectivity index (χ1n) is 9.43. The Morgan fingerprint density at radius 1 is 1.19 bits per heavy atom. The Morgan fingerprint density at radius 2 is 1.85 bits per heavy atom. The molecule has 1 aliphatic rings. The summed E-state index contributed by atoms with van der Waals surface area (Å²) in [5, 5.41) is 7.97. The number of aliphatic imine (C=N–C) groups is 1. The van der Waals surface area contributed by atoms with E-state index in [1.54, 1.807) is 0 Å². The number of benzene rings is 1. The third kappa shape index (κ3) is 4.99. The topological polar surface area (TPSA) is 68.2 Å². The predicted molar refractivity (Wildman–Crippen MR) is 119 cm³/mol. The van der Waals surface area contributed by atoms with Crippen molar-refractivity contribution in [2.24, 2.45) is 10.7 Å². The zero-order chi connectivity index (χ0) is 17.6. The summed E-state index contributed by atoms with van der Waals surface area (Å²) in [7, 11) is 0. The largest absolute Gasteiger partial charge is 0.370 e. The Labute approximate surface area is 173 Å². The summed E-state index contributed by atoms with van der Waals surface area (Å²) in [4.78, 5) is 4.49. The van der Waals surface area contributed by atoms with Gasteiger partial charge in [0.05, 0.1) is 18.3 Å². The van der Waals surface area contributed by atoms with E-state index in [1.807, 2.05) is 6.07 Å². The monoisotopic (exact) mass is 467 g/mol. The Morgan fingerprint density at radius 3 is 2.46 bits per heavy atom. The molecule has 1 aliphatic carbocycles. The molecule has 3 N–H and O–H groups in total. The Kier molecular flexibility index (Phi) is 7.93. The van der Waals surface area contributed by atoms with Gasteiger partial charge < -0.3 is 11.1 Å². The molecule has 5 nitrogen and oxygen atoms in total. The number of nitrogens with one attached hydrogen (secondary N) is 1. The van der Waals surface area contributed by atoms with Crippen LogP contribution in [0.3, 0.4) is 0 Å². The van der Waals surface area contributed by atoms with Gasteiger partial charge in [-0.25, -0.2) is 4.99 Å². The fourth-order valence-corrected chi connectivity index (χ4v) is 3.57. The summed E-state index contributed by atoms with van der Waals surface area (Å²) in [5.74, 6) is 0.450. The summed E-state index contributed by atoms with van der Waals surface area (Å²) in [6, 6.07) is 8.99. The van der Waals surface area contributed by atoms with E-state index in [0.717, 1.165) is 24.2 Å². The van der Waals surface area contributed by atoms with Gasteiger partial charge in [0.25, 0.3) is 0 Å². The van der Waals surface area contributed by atoms with E-state index in [9.17, 15) is 0 Å². The van der Waals surface area contributed by atoms with E-state index >= 15 is 0 Å². The Balaban J connectivity index is 0.00000243. The summed E-state index contributed by atoms with van der Waals surface area (Å²) in [6.45, 7) is 4.82. The minimum atomic E-state index is 0. The predicted octanol–water partition coefficient (Wildman–Crippen LogP) is 4.67. The van der Waals surface area contributed by atoms with Gasteiger partial charge in [-0.1, -0.05) is 44.9 Å². The lowest BCUT2D eigenvalue weighted by Crippen LogP contribution is -2.24. The molecule has 0 spiro atoms. The van der Waals surface area contributed by atoms with Crippen LogP contribution in [0, 0.1) is 0 Å². The molecule has 0 radical (unpaired) electrons. The average Bonchev–Trinajstić information content (AvgIpc) is 3.31. The second-order valence-corrected chi connectivity index (χ2v) is 6.71. The maximum atomic E-state index is 6.13. The second kappa shape index (κ2) is 9.94. The first-order chi connectivity index (χ1) is 12.2. The molecule has 1 heterocycles. The highest BCUT2D eigenvalue weighted by atomic mass is 127. The van der Waals surface area contributed by atoms with Crippen LogP contribution in [0.15, 0.2) is 35.5 Å². The molecule has 0 bridgehead atoms. The molecule has 26 heavy (non-hydrogen) atoms. The van der Waals surface area contributed by atoms with E-state index < -0.39 is 0 Å². The normalized spacial score (nSPS) is 15.1. The Hall–Kier alpha value is -1.57. The van der Waals surface area contributed by atoms with Crippen LogP contribution < -0.4 is 11.1 Å². The molecule has 1 aromatic carbocycles. The van der Waals surface area contributed by atoms with Crippen molar-refractivity contribution in [1.82, 2.24) is 9.78 Å². The van der Waals surface area contributed by atoms with Crippen LogP contribution in [0.2, 0.25) is 0 Å². The maximum absolute atomic E-state index is 6.13. The van der Waals surface area contributed by atoms with Crippen LogP contribution in [0.4, 0.5) is 5.69 Å². The second-order valence-electron chi connectivity index (χ2n) is 6.71. The van der Waals surface area contributed by atoms with E-state index in [2.05, 4.69) is 58.3 Å². The molecule has 2 aromatic rings. The van der Waals surface area contributed by atoms with Crippen LogP contribution in [0.25, 0.3) is 0 Å². The standard InChI is InChI=1S/C20H29N5.HI/c1-3-15-8-7-9-16(4-2)19(15)23-20(21)22-14-17-12-13-25(24-17)18-10-5-6-11-18;/h7-9,12-13,18H,3-6,10-11,14H2,1-2H3,(H3,21,22,23);1H. The van der Waals surface area contributed by atoms with Crippen LogP contribution in [-0.2, 0) is 19.4 Å². The molecule has 0 aliphatic heterocycles. The third-order valence-corrected chi connectivity index (χ3v) is 5.03. The average molecular weight is 467 g/mol. The minimum absolute atomic E-state index is 0. The number of nitrogens with zero attached hydrogens (tertiary/aromatic N) is 3. The number of nitrogens with two attached hydrogens (primary N) is 1. The zero-order valence-corrected chi connectivity index (χ0v) is 18.1. The highest BCUT2D eigenvalue weighted by Crippen LogP contribution is 2.28. The van der Waals surface area contributed by atoms with Crippen LogP contribution >= 0.6 is 24.0 Å². The van der Waals surface area contributed by atoms with Gasteiger partial charge in [-0.3, -0.25) is 4.68 Å². The number of hydrogen-bond acceptors (Lipinski definition) is 2. The number of anilines is 1. The summed E-state index contributed by atoms with van der Waals surface area (Å²) in [6.07, 6.45) is 9.11. The molecule has 1 saturated carbocycles. The lowest BCUT2D eigenvalue weighted by molar-refractivity contribution is 0.463. The number of rotatable bonds is 6. The highest BCUT2D eigenvalue weighted by molar-refractivity contribution is 14.0. The number of hydrogen-bond donors (Lipinski definition) is 2. The molecule has 142 valence electrons. The number of aromatic nitrogens is 2. The molecular weight excluding hydrogens is 437 g/mol. The van der Waals surface area contributed by atoms with Crippen molar-refractivity contribution in [1.29, 1.82) is 0 Å². The van der Waals surface area contributed by atoms with Crippen molar-refractivity contribution in [3.05, 3.63) is 47.3 Å². The smallest absolute Gasteiger partial charge is 0.193 e. The number of halogens is 1. The van der Waals surface area contributed by atoms with E-state index in [4.69, 9.17) is 5.73 Å². The lowest BCUT2D eigenvalue weighted by atomic mass is 10.0. The van der Waals surface area contributed by atoms with Gasteiger partial charge in [-0.05, 0) is 42.9 Å². The van der Waals surface area contributed by atoms with Crippen molar-refractivity contribution in [2.45, 2.75) is 65.0 Å². The lowest BCUT2D eigenvalue weighted by Gasteiger charge is -2.14. The SMILES string of the molecule is CCc1cccc(CC)c1NC(N)=NCc1ccn(C2CCCC2)n1.I. The molecule has 0 atom stereocenters. The van der Waals surface area contributed by atoms with Crippen LogP contribution in [0.5, 0.6) is 0 Å². The Bertz CT molecular complexity index is 709. The van der Waals surface area contributed by atoms with Gasteiger partial charge in [-0.15, -0.1) is 24.0 Å². The zero-order valence-electron chi connectivity index (χ0n) is 15.7. The fourth-order valence-electron chi connectivity index (χ4n) is 3.57. The van der Waals surface area contributed by atoms with Gasteiger partial charge in [0.2, 0.25) is 0 Å². The summed E-state index contributed by atoms with van der Waals surface area (Å²) >= 11 is 0.